The van der Waals surface area contributed by atoms with Crippen LogP contribution in [0, 0.1) is 5.41 Å². The smallest absolute Gasteiger partial charge is 0.0918 e. The molecule has 0 spiro atoms. The van der Waals surface area contributed by atoms with Gasteiger partial charge in [-0.25, -0.2) is 5.41 Å². The Balaban J connectivity index is 3.64. The maximum absolute atomic E-state index is 6.19. The Morgan fingerprint density at radius 1 is 1.83 bits per heavy atom. The lowest BCUT2D eigenvalue weighted by atomic mass is 10.9. The highest BCUT2D eigenvalue weighted by atomic mass is 14.7. The van der Waals surface area contributed by atoms with E-state index in [2.05, 4.69) is 17.3 Å². The average Bonchev–Trinajstić information content (AvgIpc) is 1.61. The molecule has 0 aliphatic rings. The molecule has 0 saturated heterocycles. The van der Waals surface area contributed by atoms with E-state index in [1.54, 1.807) is 6.01 Å². The Morgan fingerprint density at radius 3 is 2.67 bits per heavy atom. The molecule has 0 aromatic carbocycles. The van der Waals surface area contributed by atoms with Crippen molar-refractivity contribution in [3.63, 3.8) is 0 Å². The second-order valence-corrected chi connectivity index (χ2v) is 0.574. The van der Waals surface area contributed by atoms with Gasteiger partial charge in [-0.3, -0.25) is 0 Å². The summed E-state index contributed by atoms with van der Waals surface area (Å²) in [4.78, 5) is 3.21. The van der Waals surface area contributed by atoms with Gasteiger partial charge in [-0.05, 0) is 0 Å². The molecule has 0 aliphatic carbocycles. The van der Waals surface area contributed by atoms with Crippen LogP contribution in [0.3, 0.4) is 0 Å². The zero-order valence-electron chi connectivity index (χ0n) is 3.23. The van der Waals surface area contributed by atoms with Crippen LogP contribution in [0.25, 0.3) is 0 Å². The molecule has 0 aromatic rings. The predicted octanol–water partition coefficient (Wildman–Crippen LogP) is 1.04. The molecule has 1 N–H and O–H groups in total. The quantitative estimate of drug-likeness (QED) is 0.361. The first-order chi connectivity index (χ1) is 2.91. The van der Waals surface area contributed by atoms with Crippen LogP contribution < -0.4 is 0 Å². The Kier molecular flexibility index (Phi) is 3.19. The van der Waals surface area contributed by atoms with E-state index < -0.39 is 0 Å². The first-order valence-electron chi connectivity index (χ1n) is 1.37. The van der Waals surface area contributed by atoms with Crippen LogP contribution in [0.5, 0.6) is 0 Å². The van der Waals surface area contributed by atoms with Gasteiger partial charge < -0.3 is 0 Å². The first kappa shape index (κ1) is 4.90. The van der Waals surface area contributed by atoms with Gasteiger partial charge in [0.25, 0.3) is 0 Å². The zero-order chi connectivity index (χ0) is 4.83. The van der Waals surface area contributed by atoms with Crippen molar-refractivity contribution in [1.29, 1.82) is 5.41 Å². The summed E-state index contributed by atoms with van der Waals surface area (Å²) in [6, 6.07) is 1.79. The summed E-state index contributed by atoms with van der Waals surface area (Å²) < 4.78 is 0. The van der Waals surface area contributed by atoms with Crippen LogP contribution in [-0.2, 0) is 0 Å². The van der Waals surface area contributed by atoms with Crippen LogP contribution in [0.1, 0.15) is 0 Å². The average molecular weight is 80.1 g/mol. The second kappa shape index (κ2) is 3.90. The minimum absolute atomic E-state index is 1.27. The molecule has 2 heteroatoms. The van der Waals surface area contributed by atoms with Gasteiger partial charge in [0.2, 0.25) is 0 Å². The normalized spacial score (nSPS) is 4.67. The Labute approximate surface area is 36.0 Å². The summed E-state index contributed by atoms with van der Waals surface area (Å²) >= 11 is 0. The SMILES string of the molecule is C=C=CN=C=N. The Morgan fingerprint density at radius 2 is 2.50 bits per heavy atom. The number of nitrogens with one attached hydrogen (secondary N) is 1. The molecule has 6 heavy (non-hydrogen) atoms. The van der Waals surface area contributed by atoms with Gasteiger partial charge in [-0.2, -0.15) is 4.99 Å². The molecule has 0 rings (SSSR count). The van der Waals surface area contributed by atoms with Crippen molar-refractivity contribution in [3.05, 3.63) is 18.5 Å². The molecule has 0 unspecified atom stereocenters. The fraction of sp³-hybridized carbons (Fsp3) is 0. The van der Waals surface area contributed by atoms with E-state index in [9.17, 15) is 0 Å². The molecule has 2 nitrogen and oxygen atoms in total. The maximum atomic E-state index is 6.19. The lowest BCUT2D eigenvalue weighted by molar-refractivity contribution is 1.51. The fourth-order valence-electron chi connectivity index (χ4n) is 0.0779. The predicted molar refractivity (Wildman–Crippen MR) is 23.9 cm³/mol. The summed E-state index contributed by atoms with van der Waals surface area (Å²) in [5, 5.41) is 6.19. The third-order valence-electron chi connectivity index (χ3n) is 0.220. The molecule has 0 bridgehead atoms. The van der Waals surface area contributed by atoms with Crippen molar-refractivity contribution in [3.8, 4) is 0 Å². The van der Waals surface area contributed by atoms with Crippen molar-refractivity contribution in [2.45, 2.75) is 0 Å². The van der Waals surface area contributed by atoms with Gasteiger partial charge in [-0.1, -0.05) is 6.58 Å². The third kappa shape index (κ3) is 2.90. The fourth-order valence-corrected chi connectivity index (χ4v) is 0.0779. The monoisotopic (exact) mass is 80.0 g/mol. The summed E-state index contributed by atoms with van der Waals surface area (Å²) in [5.41, 5.74) is 2.34. The van der Waals surface area contributed by atoms with Gasteiger partial charge in [-0.15, -0.1) is 5.73 Å². The van der Waals surface area contributed by atoms with Gasteiger partial charge >= 0.3 is 0 Å². The van der Waals surface area contributed by atoms with Gasteiger partial charge in [0.15, 0.2) is 0 Å². The summed E-state index contributed by atoms with van der Waals surface area (Å²) in [6.07, 6.45) is 1.27. The molecule has 0 saturated carbocycles. The van der Waals surface area contributed by atoms with E-state index in [0.717, 1.165) is 0 Å². The molecule has 0 aliphatic heterocycles. The topological polar surface area (TPSA) is 36.2 Å². The summed E-state index contributed by atoms with van der Waals surface area (Å²) in [7, 11) is 0. The number of nitrogens with zero attached hydrogens (tertiary/aromatic N) is 1. The highest BCUT2D eigenvalue weighted by molar-refractivity contribution is 5.37. The van der Waals surface area contributed by atoms with Gasteiger partial charge in [0.1, 0.15) is 0 Å². The van der Waals surface area contributed by atoms with Crippen molar-refractivity contribution >= 4 is 6.01 Å². The number of hydrogen-bond acceptors (Lipinski definition) is 2. The zero-order valence-corrected chi connectivity index (χ0v) is 3.23. The first-order valence-corrected chi connectivity index (χ1v) is 1.37. The van der Waals surface area contributed by atoms with Crippen molar-refractivity contribution in [1.82, 2.24) is 0 Å². The van der Waals surface area contributed by atoms with Crippen LogP contribution >= 0.6 is 0 Å². The van der Waals surface area contributed by atoms with E-state index in [1.807, 2.05) is 0 Å². The third-order valence-corrected chi connectivity index (χ3v) is 0.220. The molecule has 0 fully saturated rings. The number of hydrogen-bond donors (Lipinski definition) is 1. The molecule has 0 heterocycles. The van der Waals surface area contributed by atoms with Gasteiger partial charge in [0, 0.05) is 0 Å². The molecule has 0 atom stereocenters. The molecule has 0 radical (unpaired) electrons. The second-order valence-electron chi connectivity index (χ2n) is 0.574. The van der Waals surface area contributed by atoms with Crippen molar-refractivity contribution in [2.75, 3.05) is 0 Å². The van der Waals surface area contributed by atoms with Crippen molar-refractivity contribution < 1.29 is 0 Å². The minimum atomic E-state index is 1.27. The van der Waals surface area contributed by atoms with Gasteiger partial charge in [0.05, 0.1) is 12.2 Å². The summed E-state index contributed by atoms with van der Waals surface area (Å²) in [6.45, 7) is 3.20. The van der Waals surface area contributed by atoms with Crippen LogP contribution in [-0.4, -0.2) is 6.01 Å². The Hall–Kier alpha value is -1.10. The lowest BCUT2D eigenvalue weighted by Crippen LogP contribution is -1.37. The van der Waals surface area contributed by atoms with E-state index in [0.29, 0.717) is 0 Å². The van der Waals surface area contributed by atoms with Crippen LogP contribution in [0.2, 0.25) is 0 Å². The summed E-state index contributed by atoms with van der Waals surface area (Å²) in [5.74, 6) is 0. The largest absolute Gasteiger partial charge is 0.241 e. The van der Waals surface area contributed by atoms with Crippen LogP contribution in [0.15, 0.2) is 23.5 Å². The van der Waals surface area contributed by atoms with Crippen molar-refractivity contribution in [2.24, 2.45) is 4.99 Å². The lowest BCUT2D eigenvalue weighted by Gasteiger charge is -1.50. The van der Waals surface area contributed by atoms with E-state index in [1.165, 1.54) is 6.20 Å². The Bertz CT molecular complexity index is 97.5. The van der Waals surface area contributed by atoms with E-state index >= 15 is 0 Å². The number of aliphatic imine (C=N–C) groups is 1. The molecule has 0 aromatic heterocycles. The highest BCUT2D eigenvalue weighted by Gasteiger charge is 1.41. The molecular weight excluding hydrogens is 76.1 g/mol. The van der Waals surface area contributed by atoms with E-state index in [4.69, 9.17) is 5.41 Å². The minimum Gasteiger partial charge on any atom is -0.241 e. The van der Waals surface area contributed by atoms with Crippen LogP contribution in [0.4, 0.5) is 0 Å². The van der Waals surface area contributed by atoms with E-state index in [-0.39, 0.29) is 0 Å². The molecular formula is C4H4N2. The highest BCUT2D eigenvalue weighted by Crippen LogP contribution is 1.57. The standard InChI is InChI=1S/C4H4N2/c1-2-3-6-4-5/h3,5H,1H2. The maximum Gasteiger partial charge on any atom is 0.0918 e. The molecule has 0 amide bonds. The molecule has 30 valence electrons. The number of rotatable bonds is 1.